The van der Waals surface area contributed by atoms with Gasteiger partial charge in [-0.3, -0.25) is 0 Å². The Bertz CT molecular complexity index is 194. The van der Waals surface area contributed by atoms with E-state index in [1.807, 2.05) is 6.08 Å². The zero-order valence-electron chi connectivity index (χ0n) is 8.72. The molecule has 0 heteroatoms. The fourth-order valence-electron chi connectivity index (χ4n) is 1.20. The average molecular weight is 164 g/mol. The molecule has 0 heterocycles. The molecule has 0 nitrogen and oxygen atoms in total. The van der Waals surface area contributed by atoms with Gasteiger partial charge in [-0.15, -0.1) is 6.58 Å². The Morgan fingerprint density at radius 1 is 1.42 bits per heavy atom. The molecule has 12 heavy (non-hydrogen) atoms. The molecule has 0 saturated heterocycles. The summed E-state index contributed by atoms with van der Waals surface area (Å²) in [7, 11) is 0. The molecule has 0 saturated carbocycles. The molecule has 0 amide bonds. The standard InChI is InChI=1S/C12H20/c1-6-8-10(3)12(5)11(4)9-7-2/h6-7,9,11H,1,8H2,2-5H3/b9-7+,12-10+. The van der Waals surface area contributed by atoms with E-state index in [0.29, 0.717) is 5.92 Å². The molecule has 0 radical (unpaired) electrons. The van der Waals surface area contributed by atoms with Gasteiger partial charge < -0.3 is 0 Å². The molecule has 68 valence electrons. The molecular weight excluding hydrogens is 144 g/mol. The van der Waals surface area contributed by atoms with Crippen LogP contribution >= 0.6 is 0 Å². The molecule has 1 atom stereocenters. The van der Waals surface area contributed by atoms with Gasteiger partial charge in [-0.1, -0.05) is 36.3 Å². The van der Waals surface area contributed by atoms with Crippen molar-refractivity contribution in [1.82, 2.24) is 0 Å². The molecule has 0 bridgehead atoms. The van der Waals surface area contributed by atoms with E-state index in [-0.39, 0.29) is 0 Å². The lowest BCUT2D eigenvalue weighted by Crippen LogP contribution is -1.94. The Labute approximate surface area is 76.7 Å². The molecule has 0 aliphatic carbocycles. The Hall–Kier alpha value is -0.780. The van der Waals surface area contributed by atoms with Gasteiger partial charge in [0.2, 0.25) is 0 Å². The van der Waals surface area contributed by atoms with Crippen molar-refractivity contribution in [3.05, 3.63) is 36.0 Å². The lowest BCUT2D eigenvalue weighted by Gasteiger charge is -2.10. The van der Waals surface area contributed by atoms with Crippen molar-refractivity contribution in [3.63, 3.8) is 0 Å². The van der Waals surface area contributed by atoms with Crippen LogP contribution in [0.5, 0.6) is 0 Å². The summed E-state index contributed by atoms with van der Waals surface area (Å²) < 4.78 is 0. The normalized spacial score (nSPS) is 16.0. The molecule has 0 aromatic heterocycles. The first-order valence-corrected chi connectivity index (χ1v) is 4.53. The van der Waals surface area contributed by atoms with Gasteiger partial charge in [0.25, 0.3) is 0 Å². The van der Waals surface area contributed by atoms with Gasteiger partial charge in [-0.2, -0.15) is 0 Å². The van der Waals surface area contributed by atoms with Gasteiger partial charge >= 0.3 is 0 Å². The van der Waals surface area contributed by atoms with E-state index in [1.165, 1.54) is 11.1 Å². The molecule has 0 fully saturated rings. The number of rotatable bonds is 4. The monoisotopic (exact) mass is 164 g/mol. The van der Waals surface area contributed by atoms with E-state index in [1.54, 1.807) is 0 Å². The maximum atomic E-state index is 3.74. The molecule has 0 aromatic rings. The molecule has 0 rings (SSSR count). The minimum absolute atomic E-state index is 0.565. The third-order valence-corrected chi connectivity index (χ3v) is 2.29. The summed E-state index contributed by atoms with van der Waals surface area (Å²) in [5, 5.41) is 0. The molecule has 0 aliphatic rings. The van der Waals surface area contributed by atoms with Gasteiger partial charge in [0.1, 0.15) is 0 Å². The van der Waals surface area contributed by atoms with Gasteiger partial charge in [0, 0.05) is 0 Å². The van der Waals surface area contributed by atoms with Crippen molar-refractivity contribution >= 4 is 0 Å². The van der Waals surface area contributed by atoms with Crippen molar-refractivity contribution in [2.45, 2.75) is 34.1 Å². The summed E-state index contributed by atoms with van der Waals surface area (Å²) in [6.45, 7) is 12.4. The lowest BCUT2D eigenvalue weighted by molar-refractivity contribution is 0.835. The van der Waals surface area contributed by atoms with E-state index >= 15 is 0 Å². The topological polar surface area (TPSA) is 0 Å². The Kier molecular flexibility index (Phi) is 5.44. The van der Waals surface area contributed by atoms with Crippen molar-refractivity contribution in [1.29, 1.82) is 0 Å². The van der Waals surface area contributed by atoms with Crippen LogP contribution in [0, 0.1) is 5.92 Å². The third-order valence-electron chi connectivity index (χ3n) is 2.29. The van der Waals surface area contributed by atoms with Crippen LogP contribution in [-0.2, 0) is 0 Å². The highest BCUT2D eigenvalue weighted by Gasteiger charge is 2.01. The van der Waals surface area contributed by atoms with Crippen molar-refractivity contribution in [2.24, 2.45) is 5.92 Å². The number of hydrogen-bond acceptors (Lipinski definition) is 0. The molecule has 1 unspecified atom stereocenters. The maximum Gasteiger partial charge on any atom is -0.00518 e. The van der Waals surface area contributed by atoms with Crippen LogP contribution in [0.25, 0.3) is 0 Å². The zero-order chi connectivity index (χ0) is 9.56. The second kappa shape index (κ2) is 5.82. The van der Waals surface area contributed by atoms with Crippen molar-refractivity contribution in [2.75, 3.05) is 0 Å². The highest BCUT2D eigenvalue weighted by atomic mass is 14.1. The largest absolute Gasteiger partial charge is 0.103 e. The van der Waals surface area contributed by atoms with Gasteiger partial charge in [0.05, 0.1) is 0 Å². The highest BCUT2D eigenvalue weighted by molar-refractivity contribution is 5.18. The summed E-state index contributed by atoms with van der Waals surface area (Å²) >= 11 is 0. The SMILES string of the molecule is C=CC/C(C)=C(\C)C(C)/C=C/C. The highest BCUT2D eigenvalue weighted by Crippen LogP contribution is 2.18. The molecular formula is C12H20. The molecule has 0 spiro atoms. The minimum atomic E-state index is 0.565. The van der Waals surface area contributed by atoms with Crippen LogP contribution in [0.3, 0.4) is 0 Å². The van der Waals surface area contributed by atoms with Gasteiger partial charge in [-0.05, 0) is 33.1 Å². The average Bonchev–Trinajstić information content (AvgIpc) is 2.04. The smallest absolute Gasteiger partial charge is 0.00518 e. The van der Waals surface area contributed by atoms with Crippen LogP contribution in [-0.4, -0.2) is 0 Å². The lowest BCUT2D eigenvalue weighted by atomic mass is 9.96. The van der Waals surface area contributed by atoms with E-state index in [9.17, 15) is 0 Å². The molecule has 0 aromatic carbocycles. The Morgan fingerprint density at radius 2 is 2.00 bits per heavy atom. The van der Waals surface area contributed by atoms with Crippen LogP contribution in [0.15, 0.2) is 36.0 Å². The number of hydrogen-bond donors (Lipinski definition) is 0. The fraction of sp³-hybridized carbons (Fsp3) is 0.500. The fourth-order valence-corrected chi connectivity index (χ4v) is 1.20. The Morgan fingerprint density at radius 3 is 2.42 bits per heavy atom. The second-order valence-corrected chi connectivity index (χ2v) is 3.27. The van der Waals surface area contributed by atoms with Crippen LogP contribution in [0.1, 0.15) is 34.1 Å². The quantitative estimate of drug-likeness (QED) is 0.548. The second-order valence-electron chi connectivity index (χ2n) is 3.27. The van der Waals surface area contributed by atoms with Gasteiger partial charge in [0.15, 0.2) is 0 Å². The Balaban J connectivity index is 4.41. The first-order chi connectivity index (χ1) is 5.63. The van der Waals surface area contributed by atoms with Crippen molar-refractivity contribution < 1.29 is 0 Å². The summed E-state index contributed by atoms with van der Waals surface area (Å²) in [4.78, 5) is 0. The predicted octanol–water partition coefficient (Wildman–Crippen LogP) is 4.11. The molecule has 0 N–H and O–H groups in total. The summed E-state index contributed by atoms with van der Waals surface area (Å²) in [5.41, 5.74) is 2.91. The predicted molar refractivity (Wildman–Crippen MR) is 57.2 cm³/mol. The molecule has 0 aliphatic heterocycles. The summed E-state index contributed by atoms with van der Waals surface area (Å²) in [6.07, 6.45) is 7.30. The summed E-state index contributed by atoms with van der Waals surface area (Å²) in [5.74, 6) is 0.565. The van der Waals surface area contributed by atoms with E-state index in [0.717, 1.165) is 6.42 Å². The summed E-state index contributed by atoms with van der Waals surface area (Å²) in [6, 6.07) is 0. The minimum Gasteiger partial charge on any atom is -0.103 e. The zero-order valence-corrected chi connectivity index (χ0v) is 8.72. The first-order valence-electron chi connectivity index (χ1n) is 4.53. The number of allylic oxidation sites excluding steroid dienone is 5. The van der Waals surface area contributed by atoms with E-state index in [4.69, 9.17) is 0 Å². The van der Waals surface area contributed by atoms with E-state index < -0.39 is 0 Å². The maximum absolute atomic E-state index is 3.74. The van der Waals surface area contributed by atoms with Crippen LogP contribution in [0.4, 0.5) is 0 Å². The first kappa shape index (κ1) is 11.2. The van der Waals surface area contributed by atoms with Gasteiger partial charge in [-0.25, -0.2) is 0 Å². The van der Waals surface area contributed by atoms with E-state index in [2.05, 4.69) is 46.4 Å². The van der Waals surface area contributed by atoms with Crippen LogP contribution in [0.2, 0.25) is 0 Å². The van der Waals surface area contributed by atoms with Crippen LogP contribution < -0.4 is 0 Å². The third kappa shape index (κ3) is 3.56. The van der Waals surface area contributed by atoms with Crippen molar-refractivity contribution in [3.8, 4) is 0 Å².